The quantitative estimate of drug-likeness (QED) is 0.217. The van der Waals surface area contributed by atoms with Crippen LogP contribution >= 0.6 is 0 Å². The Morgan fingerprint density at radius 3 is 1.67 bits per heavy atom. The van der Waals surface area contributed by atoms with Crippen molar-refractivity contribution in [3.63, 3.8) is 0 Å². The number of aliphatic hydroxyl groups excluding tert-OH is 1. The van der Waals surface area contributed by atoms with Gasteiger partial charge in [0, 0.05) is 12.8 Å². The number of amides is 4. The van der Waals surface area contributed by atoms with Crippen LogP contribution in [-0.4, -0.2) is 78.4 Å². The normalized spacial score (nSPS) is 13.9. The predicted molar refractivity (Wildman–Crippen MR) is 154 cm³/mol. The van der Waals surface area contributed by atoms with Gasteiger partial charge in [-0.3, -0.25) is 14.4 Å². The highest BCUT2D eigenvalue weighted by atomic mass is 16.6. The van der Waals surface area contributed by atoms with E-state index in [1.807, 2.05) is 18.2 Å². The molecule has 12 heteroatoms. The van der Waals surface area contributed by atoms with Crippen LogP contribution in [0.15, 0.2) is 60.7 Å². The van der Waals surface area contributed by atoms with E-state index in [1.54, 1.807) is 63.2 Å². The lowest BCUT2D eigenvalue weighted by Gasteiger charge is -2.25. The first-order valence-electron chi connectivity index (χ1n) is 13.5. The highest BCUT2D eigenvalue weighted by Gasteiger charge is 2.31. The SMILES string of the molecule is COC(=O)[C@H](Cc1ccccc1)NC(=O)[C@H](C)NC(=O)[C@H](Cc1ccccc1)NC(=O)[C@H](CO)NC(=O)OC(C)(C)C. The fourth-order valence-corrected chi connectivity index (χ4v) is 3.84. The van der Waals surface area contributed by atoms with Gasteiger partial charge >= 0.3 is 12.1 Å². The molecule has 42 heavy (non-hydrogen) atoms. The van der Waals surface area contributed by atoms with Gasteiger partial charge in [-0.05, 0) is 38.8 Å². The van der Waals surface area contributed by atoms with Crippen LogP contribution in [0.2, 0.25) is 0 Å². The van der Waals surface area contributed by atoms with E-state index in [0.717, 1.165) is 5.56 Å². The number of rotatable bonds is 13. The van der Waals surface area contributed by atoms with Crippen molar-refractivity contribution in [3.05, 3.63) is 71.8 Å². The molecule has 4 amide bonds. The lowest BCUT2D eigenvalue weighted by atomic mass is 10.0. The Morgan fingerprint density at radius 2 is 1.19 bits per heavy atom. The van der Waals surface area contributed by atoms with Gasteiger partial charge in [-0.15, -0.1) is 0 Å². The molecule has 0 bridgehead atoms. The molecular weight excluding hydrogens is 544 g/mol. The Labute approximate surface area is 245 Å². The number of benzene rings is 2. The minimum atomic E-state index is -1.40. The first kappa shape index (κ1) is 33.8. The van der Waals surface area contributed by atoms with Gasteiger partial charge in [0.2, 0.25) is 17.7 Å². The number of carbonyl (C=O) groups is 5. The molecule has 0 aliphatic rings. The fourth-order valence-electron chi connectivity index (χ4n) is 3.84. The van der Waals surface area contributed by atoms with Gasteiger partial charge < -0.3 is 35.8 Å². The zero-order valence-corrected chi connectivity index (χ0v) is 24.5. The topological polar surface area (TPSA) is 172 Å². The van der Waals surface area contributed by atoms with Crippen LogP contribution < -0.4 is 21.3 Å². The van der Waals surface area contributed by atoms with Crippen molar-refractivity contribution in [2.45, 2.75) is 70.3 Å². The molecule has 12 nitrogen and oxygen atoms in total. The number of carbonyl (C=O) groups excluding carboxylic acids is 5. The molecule has 0 aliphatic carbocycles. The summed E-state index contributed by atoms with van der Waals surface area (Å²) >= 11 is 0. The van der Waals surface area contributed by atoms with Crippen LogP contribution in [0, 0.1) is 0 Å². The number of methoxy groups -OCH3 is 1. The minimum absolute atomic E-state index is 0.0517. The summed E-state index contributed by atoms with van der Waals surface area (Å²) in [4.78, 5) is 63.8. The van der Waals surface area contributed by atoms with Crippen molar-refractivity contribution >= 4 is 29.8 Å². The third-order valence-electron chi connectivity index (χ3n) is 5.94. The van der Waals surface area contributed by atoms with Crippen LogP contribution in [-0.2, 0) is 41.5 Å². The Hall–Kier alpha value is -4.45. The predicted octanol–water partition coefficient (Wildman–Crippen LogP) is 1.00. The van der Waals surface area contributed by atoms with Gasteiger partial charge in [0.1, 0.15) is 29.8 Å². The van der Waals surface area contributed by atoms with E-state index in [0.29, 0.717) is 5.56 Å². The van der Waals surface area contributed by atoms with Crippen LogP contribution in [0.4, 0.5) is 4.79 Å². The molecule has 0 saturated heterocycles. The molecule has 2 rings (SSSR count). The number of ether oxygens (including phenoxy) is 2. The number of hydrogen-bond acceptors (Lipinski definition) is 8. The Bertz CT molecular complexity index is 1200. The zero-order valence-electron chi connectivity index (χ0n) is 24.5. The molecule has 0 spiro atoms. The van der Waals surface area contributed by atoms with Crippen molar-refractivity contribution in [1.29, 1.82) is 0 Å². The summed E-state index contributed by atoms with van der Waals surface area (Å²) in [7, 11) is 1.21. The summed E-state index contributed by atoms with van der Waals surface area (Å²) in [6.07, 6.45) is -0.683. The van der Waals surface area contributed by atoms with E-state index < -0.39 is 66.2 Å². The number of alkyl carbamates (subject to hydrolysis) is 1. The summed E-state index contributed by atoms with van der Waals surface area (Å²) in [5.74, 6) is -2.81. The van der Waals surface area contributed by atoms with Gasteiger partial charge in [-0.2, -0.15) is 0 Å². The van der Waals surface area contributed by atoms with Crippen LogP contribution in [0.3, 0.4) is 0 Å². The molecule has 0 aromatic heterocycles. The van der Waals surface area contributed by atoms with Crippen molar-refractivity contribution in [2.24, 2.45) is 0 Å². The number of nitrogens with one attached hydrogen (secondary N) is 4. The van der Waals surface area contributed by atoms with Crippen LogP contribution in [0.5, 0.6) is 0 Å². The van der Waals surface area contributed by atoms with E-state index in [1.165, 1.54) is 14.0 Å². The van der Waals surface area contributed by atoms with Crippen LogP contribution in [0.25, 0.3) is 0 Å². The van der Waals surface area contributed by atoms with E-state index in [-0.39, 0.29) is 12.8 Å². The van der Waals surface area contributed by atoms with Gasteiger partial charge in [-0.25, -0.2) is 9.59 Å². The van der Waals surface area contributed by atoms with Gasteiger partial charge in [0.15, 0.2) is 0 Å². The Kier molecular flexibility index (Phi) is 12.9. The van der Waals surface area contributed by atoms with Crippen molar-refractivity contribution in [2.75, 3.05) is 13.7 Å². The maximum atomic E-state index is 13.3. The molecule has 0 aliphatic heterocycles. The summed E-state index contributed by atoms with van der Waals surface area (Å²) in [5, 5.41) is 19.7. The number of aliphatic hydroxyl groups is 1. The lowest BCUT2D eigenvalue weighted by molar-refractivity contribution is -0.145. The number of hydrogen-bond donors (Lipinski definition) is 5. The Morgan fingerprint density at radius 1 is 0.714 bits per heavy atom. The molecule has 0 unspecified atom stereocenters. The molecule has 2 aromatic rings. The summed E-state index contributed by atoms with van der Waals surface area (Å²) in [5.41, 5.74) is 0.680. The van der Waals surface area contributed by atoms with E-state index >= 15 is 0 Å². The largest absolute Gasteiger partial charge is 0.467 e. The summed E-state index contributed by atoms with van der Waals surface area (Å²) in [6.45, 7) is 5.62. The smallest absolute Gasteiger partial charge is 0.408 e. The van der Waals surface area contributed by atoms with Gasteiger partial charge in [0.25, 0.3) is 0 Å². The summed E-state index contributed by atoms with van der Waals surface area (Å²) in [6, 6.07) is 13.2. The second-order valence-corrected chi connectivity index (χ2v) is 10.6. The average molecular weight is 585 g/mol. The van der Waals surface area contributed by atoms with E-state index in [4.69, 9.17) is 9.47 Å². The fraction of sp³-hybridized carbons (Fsp3) is 0.433. The second kappa shape index (κ2) is 16.1. The van der Waals surface area contributed by atoms with E-state index in [2.05, 4.69) is 21.3 Å². The molecule has 0 radical (unpaired) electrons. The summed E-state index contributed by atoms with van der Waals surface area (Å²) < 4.78 is 9.98. The molecule has 2 aromatic carbocycles. The second-order valence-electron chi connectivity index (χ2n) is 10.6. The third-order valence-corrected chi connectivity index (χ3v) is 5.94. The molecule has 228 valence electrons. The van der Waals surface area contributed by atoms with Gasteiger partial charge in [0.05, 0.1) is 13.7 Å². The van der Waals surface area contributed by atoms with Gasteiger partial charge in [-0.1, -0.05) is 60.7 Å². The monoisotopic (exact) mass is 584 g/mol. The average Bonchev–Trinajstić information content (AvgIpc) is 2.94. The zero-order chi connectivity index (χ0) is 31.3. The first-order chi connectivity index (χ1) is 19.8. The third kappa shape index (κ3) is 11.6. The molecular formula is C30H40N4O8. The molecule has 0 saturated carbocycles. The molecule has 4 atom stereocenters. The maximum Gasteiger partial charge on any atom is 0.408 e. The van der Waals surface area contributed by atoms with Crippen LogP contribution in [0.1, 0.15) is 38.8 Å². The highest BCUT2D eigenvalue weighted by molar-refractivity contribution is 5.94. The molecule has 0 heterocycles. The van der Waals surface area contributed by atoms with Crippen molar-refractivity contribution in [1.82, 2.24) is 21.3 Å². The lowest BCUT2D eigenvalue weighted by Crippen LogP contribution is -2.58. The molecule has 0 fully saturated rings. The standard InChI is InChI=1S/C30H40N4O8/c1-19(25(36)33-23(28(39)41-5)17-21-14-10-7-11-15-21)31-26(37)22(16-20-12-8-6-9-13-20)32-27(38)24(18-35)34-29(40)42-30(2,3)4/h6-15,19,22-24,35H,16-18H2,1-5H3,(H,31,37)(H,32,38)(H,33,36)(H,34,40)/t19-,22-,23-,24-/m0/s1. The molecule has 5 N–H and O–H groups in total. The Balaban J connectivity index is 2.13. The number of esters is 1. The van der Waals surface area contributed by atoms with E-state index in [9.17, 15) is 29.1 Å². The van der Waals surface area contributed by atoms with Crippen molar-refractivity contribution < 1.29 is 38.6 Å². The minimum Gasteiger partial charge on any atom is -0.467 e. The first-order valence-corrected chi connectivity index (χ1v) is 13.5. The van der Waals surface area contributed by atoms with Crippen molar-refractivity contribution in [3.8, 4) is 0 Å². The highest BCUT2D eigenvalue weighted by Crippen LogP contribution is 2.09. The maximum absolute atomic E-state index is 13.3.